The highest BCUT2D eigenvalue weighted by atomic mass is 35.6. The molecule has 0 heterocycles. The number of carbonyl (C=O) groups excluding carboxylic acids is 1. The van der Waals surface area contributed by atoms with E-state index in [1.165, 1.54) is 0 Å². The number of nitrogens with one attached hydrogen (secondary N) is 1. The van der Waals surface area contributed by atoms with Crippen molar-refractivity contribution in [2.45, 2.75) is 9.58 Å². The quantitative estimate of drug-likeness (QED) is 0.644. The van der Waals surface area contributed by atoms with Gasteiger partial charge in [-0.1, -0.05) is 53.0 Å². The van der Waals surface area contributed by atoms with E-state index in [2.05, 4.69) is 5.32 Å². The molecule has 0 bridgehead atoms. The second-order valence-electron chi connectivity index (χ2n) is 3.69. The maximum Gasteiger partial charge on any atom is 0.356 e. The van der Waals surface area contributed by atoms with Gasteiger partial charge in [-0.3, -0.25) is 9.36 Å². The number of hydrogen-bond donors (Lipinski definition) is 1. The molecule has 0 radical (unpaired) electrons. The van der Waals surface area contributed by atoms with Crippen LogP contribution in [0.3, 0.4) is 0 Å². The molecule has 0 aliphatic carbocycles. The molecule has 1 aromatic carbocycles. The monoisotopic (exact) mass is 359 g/mol. The van der Waals surface area contributed by atoms with Crippen LogP contribution in [0.4, 0.5) is 0 Å². The van der Waals surface area contributed by atoms with Gasteiger partial charge in [-0.05, 0) is 12.1 Å². The lowest BCUT2D eigenvalue weighted by Crippen LogP contribution is -2.44. The van der Waals surface area contributed by atoms with Crippen LogP contribution in [0, 0.1) is 0 Å². The van der Waals surface area contributed by atoms with Crippen molar-refractivity contribution < 1.29 is 18.4 Å². The van der Waals surface area contributed by atoms with E-state index in [-0.39, 0.29) is 0 Å². The Bertz CT molecular complexity index is 498. The largest absolute Gasteiger partial charge is 0.356 e. The zero-order chi connectivity index (χ0) is 15.4. The van der Waals surface area contributed by atoms with E-state index in [1.54, 1.807) is 30.3 Å². The third kappa shape index (κ3) is 4.35. The normalized spacial score (nSPS) is 13.8. The average molecular weight is 361 g/mol. The SMILES string of the molecule is COP(=O)(OC)[C@H](NC(=O)c1ccccc1)C(Cl)(Cl)Cl. The van der Waals surface area contributed by atoms with Gasteiger partial charge in [0.05, 0.1) is 0 Å². The molecule has 1 rings (SSSR count). The van der Waals surface area contributed by atoms with Gasteiger partial charge in [0.15, 0.2) is 5.78 Å². The minimum Gasteiger partial charge on any atom is -0.334 e. The minimum atomic E-state index is -3.81. The molecule has 0 saturated carbocycles. The molecule has 112 valence electrons. The first-order valence-electron chi connectivity index (χ1n) is 5.38. The summed E-state index contributed by atoms with van der Waals surface area (Å²) in [5.41, 5.74) is 0.325. The van der Waals surface area contributed by atoms with Gasteiger partial charge in [-0.15, -0.1) is 0 Å². The molecule has 1 atom stereocenters. The molecule has 0 aliphatic rings. The van der Waals surface area contributed by atoms with E-state index in [9.17, 15) is 9.36 Å². The molecule has 0 saturated heterocycles. The first kappa shape index (κ1) is 17.8. The second kappa shape index (κ2) is 7.12. The van der Waals surface area contributed by atoms with Crippen molar-refractivity contribution in [2.75, 3.05) is 14.2 Å². The predicted octanol–water partition coefficient (Wildman–Crippen LogP) is 3.60. The second-order valence-corrected chi connectivity index (χ2v) is 8.38. The van der Waals surface area contributed by atoms with Crippen LogP contribution in [-0.4, -0.2) is 29.7 Å². The fourth-order valence-corrected chi connectivity index (χ4v) is 3.87. The van der Waals surface area contributed by atoms with Crippen LogP contribution in [0.15, 0.2) is 30.3 Å². The van der Waals surface area contributed by atoms with Gasteiger partial charge < -0.3 is 14.4 Å². The van der Waals surface area contributed by atoms with Crippen molar-refractivity contribution in [1.82, 2.24) is 5.32 Å². The Morgan fingerprint density at radius 3 is 2.10 bits per heavy atom. The lowest BCUT2D eigenvalue weighted by atomic mass is 10.2. The van der Waals surface area contributed by atoms with Gasteiger partial charge in [0, 0.05) is 19.8 Å². The zero-order valence-electron chi connectivity index (χ0n) is 10.7. The summed E-state index contributed by atoms with van der Waals surface area (Å²) in [5, 5.41) is 2.37. The summed E-state index contributed by atoms with van der Waals surface area (Å²) in [6, 6.07) is 8.22. The van der Waals surface area contributed by atoms with Gasteiger partial charge >= 0.3 is 7.60 Å². The predicted molar refractivity (Wildman–Crippen MR) is 79.6 cm³/mol. The topological polar surface area (TPSA) is 64.6 Å². The summed E-state index contributed by atoms with van der Waals surface area (Å²) < 4.78 is 19.8. The van der Waals surface area contributed by atoms with Crippen LogP contribution in [-0.2, 0) is 13.6 Å². The summed E-state index contributed by atoms with van der Waals surface area (Å²) in [7, 11) is -1.53. The Labute approximate surface area is 132 Å². The summed E-state index contributed by atoms with van der Waals surface area (Å²) in [6.07, 6.45) is 0. The lowest BCUT2D eigenvalue weighted by Gasteiger charge is -2.30. The Kier molecular flexibility index (Phi) is 6.32. The summed E-state index contributed by atoms with van der Waals surface area (Å²) in [4.78, 5) is 12.1. The Morgan fingerprint density at radius 1 is 1.20 bits per heavy atom. The van der Waals surface area contributed by atoms with Crippen LogP contribution < -0.4 is 5.32 Å². The first-order valence-corrected chi connectivity index (χ1v) is 8.13. The molecule has 0 fully saturated rings. The van der Waals surface area contributed by atoms with Crippen LogP contribution in [0.25, 0.3) is 0 Å². The molecule has 20 heavy (non-hydrogen) atoms. The molecule has 1 N–H and O–H groups in total. The van der Waals surface area contributed by atoms with Crippen molar-refractivity contribution >= 4 is 48.3 Å². The number of benzene rings is 1. The van der Waals surface area contributed by atoms with Crippen molar-refractivity contribution in [3.8, 4) is 0 Å². The highest BCUT2D eigenvalue weighted by Gasteiger charge is 2.49. The maximum absolute atomic E-state index is 12.4. The van der Waals surface area contributed by atoms with Gasteiger partial charge in [-0.25, -0.2) is 0 Å². The Hall–Kier alpha value is -0.290. The van der Waals surface area contributed by atoms with Crippen LogP contribution in [0.5, 0.6) is 0 Å². The number of amides is 1. The molecule has 0 spiro atoms. The lowest BCUT2D eigenvalue weighted by molar-refractivity contribution is 0.0941. The van der Waals surface area contributed by atoms with Crippen LogP contribution in [0.2, 0.25) is 0 Å². The van der Waals surface area contributed by atoms with Gasteiger partial charge in [0.25, 0.3) is 5.91 Å². The summed E-state index contributed by atoms with van der Waals surface area (Å²) in [6.45, 7) is 0. The van der Waals surface area contributed by atoms with Crippen LogP contribution in [0.1, 0.15) is 10.4 Å². The third-order valence-electron chi connectivity index (χ3n) is 2.44. The maximum atomic E-state index is 12.4. The standard InChI is InChI=1S/C11H13Cl3NO4P/c1-18-20(17,19-2)10(11(12,13)14)15-9(16)8-6-4-3-5-7-8/h3-7,10H,1-2H3,(H,15,16)/t10-/m0/s1. The smallest absolute Gasteiger partial charge is 0.334 e. The van der Waals surface area contributed by atoms with Crippen molar-refractivity contribution in [2.24, 2.45) is 0 Å². The average Bonchev–Trinajstić information content (AvgIpc) is 2.43. The first-order chi connectivity index (χ1) is 9.24. The molecule has 1 aromatic rings. The van der Waals surface area contributed by atoms with Gasteiger partial charge in [0.1, 0.15) is 0 Å². The highest BCUT2D eigenvalue weighted by Crippen LogP contribution is 2.57. The Morgan fingerprint density at radius 2 is 1.70 bits per heavy atom. The van der Waals surface area contributed by atoms with Crippen LogP contribution >= 0.6 is 42.4 Å². The number of rotatable bonds is 5. The van der Waals surface area contributed by atoms with E-state index in [0.717, 1.165) is 14.2 Å². The summed E-state index contributed by atoms with van der Waals surface area (Å²) >= 11 is 17.3. The number of halogens is 3. The van der Waals surface area contributed by atoms with E-state index >= 15 is 0 Å². The molecule has 0 unspecified atom stereocenters. The molecular weight excluding hydrogens is 347 g/mol. The van der Waals surface area contributed by atoms with Crippen molar-refractivity contribution in [3.05, 3.63) is 35.9 Å². The number of carbonyl (C=O) groups is 1. The molecular formula is C11H13Cl3NO4P. The fraction of sp³-hybridized carbons (Fsp3) is 0.364. The Balaban J connectivity index is 3.04. The molecule has 0 aromatic heterocycles. The van der Waals surface area contributed by atoms with Crippen molar-refractivity contribution in [3.63, 3.8) is 0 Å². The molecule has 0 aliphatic heterocycles. The molecule has 5 nitrogen and oxygen atoms in total. The number of hydrogen-bond acceptors (Lipinski definition) is 4. The minimum absolute atomic E-state index is 0.325. The van der Waals surface area contributed by atoms with E-state index < -0.39 is 23.1 Å². The van der Waals surface area contributed by atoms with Crippen molar-refractivity contribution in [1.29, 1.82) is 0 Å². The molecule has 1 amide bonds. The molecule has 9 heteroatoms. The van der Waals surface area contributed by atoms with Gasteiger partial charge in [0.2, 0.25) is 3.79 Å². The highest BCUT2D eigenvalue weighted by molar-refractivity contribution is 7.55. The van der Waals surface area contributed by atoms with E-state index in [4.69, 9.17) is 43.9 Å². The summed E-state index contributed by atoms with van der Waals surface area (Å²) in [5.74, 6) is -2.00. The third-order valence-corrected chi connectivity index (χ3v) is 5.72. The number of alkyl halides is 3. The van der Waals surface area contributed by atoms with E-state index in [1.807, 2.05) is 0 Å². The fourth-order valence-electron chi connectivity index (χ4n) is 1.42. The van der Waals surface area contributed by atoms with E-state index in [0.29, 0.717) is 5.56 Å². The van der Waals surface area contributed by atoms with Gasteiger partial charge in [-0.2, -0.15) is 0 Å². The zero-order valence-corrected chi connectivity index (χ0v) is 13.8.